The standard InChI is InChI=1S/C15H13N3O2S/c1-18(8-11-3-2-6-21-11)14-12-5-4-10(15(19)20)7-13(12)16-9-17-14/h2-7,9H,8H2,1H3,(H,19,20). The molecule has 0 aliphatic rings. The Balaban J connectivity index is 2.00. The second kappa shape index (κ2) is 5.49. The van der Waals surface area contributed by atoms with Gasteiger partial charge in [0.15, 0.2) is 0 Å². The molecule has 0 atom stereocenters. The predicted octanol–water partition coefficient (Wildman–Crippen LogP) is 3.03. The lowest BCUT2D eigenvalue weighted by Crippen LogP contribution is -2.17. The van der Waals surface area contributed by atoms with Gasteiger partial charge in [0.25, 0.3) is 0 Å². The van der Waals surface area contributed by atoms with Crippen LogP contribution in [0.1, 0.15) is 15.2 Å². The molecule has 1 N–H and O–H groups in total. The van der Waals surface area contributed by atoms with Crippen LogP contribution in [0.25, 0.3) is 10.9 Å². The summed E-state index contributed by atoms with van der Waals surface area (Å²) in [5, 5.41) is 11.9. The Kier molecular flexibility index (Phi) is 3.53. The van der Waals surface area contributed by atoms with Crippen molar-refractivity contribution in [1.82, 2.24) is 9.97 Å². The van der Waals surface area contributed by atoms with E-state index in [0.29, 0.717) is 5.52 Å². The lowest BCUT2D eigenvalue weighted by molar-refractivity contribution is 0.0697. The smallest absolute Gasteiger partial charge is 0.335 e. The van der Waals surface area contributed by atoms with Gasteiger partial charge in [-0.1, -0.05) is 6.07 Å². The van der Waals surface area contributed by atoms with Gasteiger partial charge in [-0.25, -0.2) is 14.8 Å². The van der Waals surface area contributed by atoms with Crippen LogP contribution in [0, 0.1) is 0 Å². The highest BCUT2D eigenvalue weighted by atomic mass is 32.1. The van der Waals surface area contributed by atoms with Crippen LogP contribution in [0.15, 0.2) is 42.0 Å². The van der Waals surface area contributed by atoms with Crippen molar-refractivity contribution in [2.45, 2.75) is 6.54 Å². The number of thiophene rings is 1. The number of nitrogens with zero attached hydrogens (tertiary/aromatic N) is 3. The van der Waals surface area contributed by atoms with Crippen LogP contribution in [-0.2, 0) is 6.54 Å². The molecular weight excluding hydrogens is 286 g/mol. The predicted molar refractivity (Wildman–Crippen MR) is 82.9 cm³/mol. The topological polar surface area (TPSA) is 66.3 Å². The zero-order chi connectivity index (χ0) is 14.8. The lowest BCUT2D eigenvalue weighted by atomic mass is 10.1. The average molecular weight is 299 g/mol. The number of carboxylic acids is 1. The summed E-state index contributed by atoms with van der Waals surface area (Å²) in [6.45, 7) is 0.754. The van der Waals surface area contributed by atoms with Crippen LogP contribution >= 0.6 is 11.3 Å². The Morgan fingerprint density at radius 2 is 2.19 bits per heavy atom. The van der Waals surface area contributed by atoms with Gasteiger partial charge in [-0.2, -0.15) is 0 Å². The van der Waals surface area contributed by atoms with E-state index in [1.54, 1.807) is 29.5 Å². The summed E-state index contributed by atoms with van der Waals surface area (Å²) in [6.07, 6.45) is 1.47. The van der Waals surface area contributed by atoms with Crippen molar-refractivity contribution in [2.75, 3.05) is 11.9 Å². The number of hydrogen-bond acceptors (Lipinski definition) is 5. The van der Waals surface area contributed by atoms with E-state index >= 15 is 0 Å². The van der Waals surface area contributed by atoms with Gasteiger partial charge >= 0.3 is 5.97 Å². The molecule has 21 heavy (non-hydrogen) atoms. The molecule has 1 aromatic carbocycles. The highest BCUT2D eigenvalue weighted by Crippen LogP contribution is 2.25. The second-order valence-electron chi connectivity index (χ2n) is 4.67. The molecule has 0 fully saturated rings. The zero-order valence-corrected chi connectivity index (χ0v) is 12.2. The number of benzene rings is 1. The molecule has 0 unspecified atom stereocenters. The van der Waals surface area contributed by atoms with E-state index in [1.807, 2.05) is 23.4 Å². The summed E-state index contributed by atoms with van der Waals surface area (Å²) in [5.41, 5.74) is 0.867. The van der Waals surface area contributed by atoms with Gasteiger partial charge in [0.2, 0.25) is 0 Å². The molecule has 0 radical (unpaired) electrons. The van der Waals surface area contributed by atoms with Gasteiger partial charge in [-0.3, -0.25) is 0 Å². The van der Waals surface area contributed by atoms with Gasteiger partial charge in [0.1, 0.15) is 12.1 Å². The Morgan fingerprint density at radius 3 is 2.90 bits per heavy atom. The minimum Gasteiger partial charge on any atom is -0.478 e. The van der Waals surface area contributed by atoms with Crippen molar-refractivity contribution in [3.8, 4) is 0 Å². The van der Waals surface area contributed by atoms with E-state index < -0.39 is 5.97 Å². The summed E-state index contributed by atoms with van der Waals surface area (Å²) < 4.78 is 0. The van der Waals surface area contributed by atoms with Crippen molar-refractivity contribution in [1.29, 1.82) is 0 Å². The van der Waals surface area contributed by atoms with E-state index in [1.165, 1.54) is 11.2 Å². The van der Waals surface area contributed by atoms with Gasteiger partial charge in [0.05, 0.1) is 17.6 Å². The third-order valence-electron chi connectivity index (χ3n) is 3.20. The van der Waals surface area contributed by atoms with Crippen LogP contribution in [0.4, 0.5) is 5.82 Å². The number of carbonyl (C=O) groups is 1. The Bertz CT molecular complexity index is 787. The van der Waals surface area contributed by atoms with Crippen molar-refractivity contribution in [2.24, 2.45) is 0 Å². The molecule has 0 saturated carbocycles. The molecule has 0 amide bonds. The molecule has 106 valence electrons. The molecule has 2 aromatic heterocycles. The highest BCUT2D eigenvalue weighted by Gasteiger charge is 2.11. The monoisotopic (exact) mass is 299 g/mol. The quantitative estimate of drug-likeness (QED) is 0.802. The number of fused-ring (bicyclic) bond motifs is 1. The first-order valence-electron chi connectivity index (χ1n) is 6.37. The number of hydrogen-bond donors (Lipinski definition) is 1. The molecule has 0 aliphatic heterocycles. The van der Waals surface area contributed by atoms with Crippen molar-refractivity contribution < 1.29 is 9.90 Å². The van der Waals surface area contributed by atoms with Gasteiger partial charge < -0.3 is 10.0 Å². The van der Waals surface area contributed by atoms with E-state index in [9.17, 15) is 4.79 Å². The van der Waals surface area contributed by atoms with Crippen LogP contribution in [0.5, 0.6) is 0 Å². The fourth-order valence-corrected chi connectivity index (χ4v) is 2.95. The summed E-state index contributed by atoms with van der Waals surface area (Å²) in [6, 6.07) is 9.01. The number of aromatic carboxylic acids is 1. The van der Waals surface area contributed by atoms with Gasteiger partial charge in [-0.05, 0) is 29.6 Å². The SMILES string of the molecule is CN(Cc1cccs1)c1ncnc2cc(C(=O)O)ccc12. The molecule has 0 aliphatic carbocycles. The normalized spacial score (nSPS) is 10.7. The van der Waals surface area contributed by atoms with Crippen LogP contribution < -0.4 is 4.90 Å². The lowest BCUT2D eigenvalue weighted by Gasteiger charge is -2.18. The van der Waals surface area contributed by atoms with Crippen LogP contribution in [-0.4, -0.2) is 28.1 Å². The summed E-state index contributed by atoms with van der Waals surface area (Å²) in [5.74, 6) is -0.158. The molecule has 6 heteroatoms. The third kappa shape index (κ3) is 2.71. The summed E-state index contributed by atoms with van der Waals surface area (Å²) >= 11 is 1.69. The summed E-state index contributed by atoms with van der Waals surface area (Å²) in [7, 11) is 1.96. The van der Waals surface area contributed by atoms with E-state index in [2.05, 4.69) is 16.0 Å². The molecule has 0 bridgehead atoms. The largest absolute Gasteiger partial charge is 0.478 e. The second-order valence-corrected chi connectivity index (χ2v) is 5.70. The zero-order valence-electron chi connectivity index (χ0n) is 11.4. The Morgan fingerprint density at radius 1 is 1.33 bits per heavy atom. The first-order valence-corrected chi connectivity index (χ1v) is 7.24. The first-order chi connectivity index (χ1) is 10.1. The Labute approximate surface area is 125 Å². The van der Waals surface area contributed by atoms with Crippen molar-refractivity contribution in [3.05, 3.63) is 52.5 Å². The number of carboxylic acid groups (broad SMARTS) is 1. The first kappa shape index (κ1) is 13.5. The van der Waals surface area contributed by atoms with Crippen LogP contribution in [0.3, 0.4) is 0 Å². The molecular formula is C15H13N3O2S. The van der Waals surface area contributed by atoms with E-state index in [-0.39, 0.29) is 5.56 Å². The Hall–Kier alpha value is -2.47. The fourth-order valence-electron chi connectivity index (χ4n) is 2.19. The maximum atomic E-state index is 11.0. The van der Waals surface area contributed by atoms with E-state index in [4.69, 9.17) is 5.11 Å². The summed E-state index contributed by atoms with van der Waals surface area (Å²) in [4.78, 5) is 22.8. The van der Waals surface area contributed by atoms with Gasteiger partial charge in [-0.15, -0.1) is 11.3 Å². The minimum absolute atomic E-state index is 0.230. The van der Waals surface area contributed by atoms with Crippen molar-refractivity contribution in [3.63, 3.8) is 0 Å². The third-order valence-corrected chi connectivity index (χ3v) is 4.06. The number of anilines is 1. The average Bonchev–Trinajstić information content (AvgIpc) is 2.98. The molecule has 3 rings (SSSR count). The van der Waals surface area contributed by atoms with Crippen molar-refractivity contribution >= 4 is 34.0 Å². The molecule has 0 spiro atoms. The number of rotatable bonds is 4. The number of aromatic nitrogens is 2. The van der Waals surface area contributed by atoms with Crippen LogP contribution in [0.2, 0.25) is 0 Å². The highest BCUT2D eigenvalue weighted by molar-refractivity contribution is 7.09. The molecule has 3 aromatic rings. The molecule has 2 heterocycles. The maximum absolute atomic E-state index is 11.0. The maximum Gasteiger partial charge on any atom is 0.335 e. The minimum atomic E-state index is -0.955. The van der Waals surface area contributed by atoms with Gasteiger partial charge in [0, 0.05) is 17.3 Å². The fraction of sp³-hybridized carbons (Fsp3) is 0.133. The molecule has 5 nitrogen and oxygen atoms in total. The molecule has 0 saturated heterocycles. The van der Waals surface area contributed by atoms with E-state index in [0.717, 1.165) is 17.7 Å².